The number of fused-ring (bicyclic) bond motifs is 1. The van der Waals surface area contributed by atoms with E-state index in [1.807, 2.05) is 11.2 Å². The molecule has 12 heteroatoms. The number of nitrogens with zero attached hydrogens (tertiary/aromatic N) is 1. The second-order valence-corrected chi connectivity index (χ2v) is 7.62. The maximum atomic E-state index is 13.0. The maximum Gasteiger partial charge on any atom is 0.586 e. The molecule has 9 nitrogen and oxygen atoms in total. The summed E-state index contributed by atoms with van der Waals surface area (Å²) < 4.78 is 47.0. The predicted molar refractivity (Wildman–Crippen MR) is 107 cm³/mol. The zero-order chi connectivity index (χ0) is 22.4. The minimum Gasteiger partial charge on any atom is -0.484 e. The van der Waals surface area contributed by atoms with Gasteiger partial charge in [0, 0.05) is 31.3 Å². The number of benzene rings is 1. The number of halogens is 2. The fraction of sp³-hybridized carbons (Fsp3) is 0.474. The molecule has 170 valence electrons. The lowest BCUT2D eigenvalue weighted by molar-refractivity contribution is -0.286. The van der Waals surface area contributed by atoms with Gasteiger partial charge in [-0.1, -0.05) is 13.5 Å². The van der Waals surface area contributed by atoms with Gasteiger partial charge in [0.05, 0.1) is 18.8 Å². The standard InChI is InChI=1S/C19H23F2N3O6S/c1-3-8-28-31-24-10-14(24)18(26)22-7-6-12(2)23-17(25)11-27-13-4-5-15-16(9-13)30-19(20,21)29-15/h4-5,9,14H,2-3,6-8,10-11H2,1H3,(H,22,26)(H,23,25). The van der Waals surface area contributed by atoms with E-state index < -0.39 is 12.2 Å². The molecule has 1 aromatic rings. The number of carbonyl (C=O) groups is 2. The Balaban J connectivity index is 1.29. The summed E-state index contributed by atoms with van der Waals surface area (Å²) in [5, 5.41) is 5.33. The highest BCUT2D eigenvalue weighted by Crippen LogP contribution is 2.42. The Kier molecular flexibility index (Phi) is 7.57. The van der Waals surface area contributed by atoms with Crippen LogP contribution in [-0.4, -0.2) is 54.8 Å². The molecule has 2 aliphatic rings. The first kappa shape index (κ1) is 23.1. The maximum absolute atomic E-state index is 13.0. The Labute approximate surface area is 182 Å². The highest BCUT2D eigenvalue weighted by Gasteiger charge is 2.43. The number of hydrogen-bond acceptors (Lipinski definition) is 8. The summed E-state index contributed by atoms with van der Waals surface area (Å²) in [6.45, 7) is 6.97. The number of alkyl halides is 2. The molecule has 2 N–H and O–H groups in total. The van der Waals surface area contributed by atoms with Crippen LogP contribution in [0.3, 0.4) is 0 Å². The van der Waals surface area contributed by atoms with E-state index in [1.54, 1.807) is 0 Å². The van der Waals surface area contributed by atoms with E-state index in [9.17, 15) is 18.4 Å². The first-order chi connectivity index (χ1) is 14.8. The predicted octanol–water partition coefficient (Wildman–Crippen LogP) is 2.20. The quantitative estimate of drug-likeness (QED) is 0.213. The molecule has 2 amide bonds. The average molecular weight is 459 g/mol. The highest BCUT2D eigenvalue weighted by molar-refractivity contribution is 7.92. The van der Waals surface area contributed by atoms with Crippen molar-refractivity contribution in [3.63, 3.8) is 0 Å². The summed E-state index contributed by atoms with van der Waals surface area (Å²) >= 11 is 1.19. The van der Waals surface area contributed by atoms with Gasteiger partial charge in [0.2, 0.25) is 5.91 Å². The van der Waals surface area contributed by atoms with Crippen LogP contribution in [0.25, 0.3) is 0 Å². The number of nitrogens with one attached hydrogen (secondary N) is 2. The largest absolute Gasteiger partial charge is 0.586 e. The van der Waals surface area contributed by atoms with Gasteiger partial charge in [0.1, 0.15) is 11.8 Å². The van der Waals surface area contributed by atoms with Crippen molar-refractivity contribution >= 4 is 24.0 Å². The fourth-order valence-electron chi connectivity index (χ4n) is 2.53. The first-order valence-electron chi connectivity index (χ1n) is 9.61. The Morgan fingerprint density at radius 1 is 1.35 bits per heavy atom. The van der Waals surface area contributed by atoms with Gasteiger partial charge >= 0.3 is 6.29 Å². The summed E-state index contributed by atoms with van der Waals surface area (Å²) in [6.07, 6.45) is -2.46. The Morgan fingerprint density at radius 3 is 2.90 bits per heavy atom. The number of amides is 2. The van der Waals surface area contributed by atoms with Gasteiger partial charge in [-0.2, -0.15) is 0 Å². The third-order valence-corrected chi connectivity index (χ3v) is 4.96. The van der Waals surface area contributed by atoms with Gasteiger partial charge in [-0.25, -0.2) is 4.31 Å². The van der Waals surface area contributed by atoms with Gasteiger partial charge in [0.25, 0.3) is 5.91 Å². The van der Waals surface area contributed by atoms with Crippen molar-refractivity contribution in [2.45, 2.75) is 32.1 Å². The highest BCUT2D eigenvalue weighted by atomic mass is 32.2. The Morgan fingerprint density at radius 2 is 2.13 bits per heavy atom. The van der Waals surface area contributed by atoms with Gasteiger partial charge in [-0.3, -0.25) is 9.59 Å². The first-order valence-corrected chi connectivity index (χ1v) is 10.3. The van der Waals surface area contributed by atoms with E-state index in [2.05, 4.69) is 26.7 Å². The second kappa shape index (κ2) is 10.2. The van der Waals surface area contributed by atoms with Crippen LogP contribution in [0.15, 0.2) is 30.5 Å². The molecule has 0 aliphatic carbocycles. The van der Waals surface area contributed by atoms with Crippen molar-refractivity contribution in [2.75, 3.05) is 26.3 Å². The molecule has 0 bridgehead atoms. The minimum atomic E-state index is -3.72. The normalized spacial score (nSPS) is 20.1. The monoisotopic (exact) mass is 459 g/mol. The molecule has 0 aromatic heterocycles. The van der Waals surface area contributed by atoms with Crippen molar-refractivity contribution in [3.8, 4) is 17.2 Å². The van der Waals surface area contributed by atoms with E-state index in [0.717, 1.165) is 6.42 Å². The smallest absolute Gasteiger partial charge is 0.484 e. The topological polar surface area (TPSA) is 98.1 Å². The zero-order valence-corrected chi connectivity index (χ0v) is 17.6. The molecular weight excluding hydrogens is 436 g/mol. The SMILES string of the molecule is C=C(CCNC(=O)C1CN1SOCCC)NC(=O)COc1ccc2c(c1)OC(F)(F)O2. The van der Waals surface area contributed by atoms with Crippen molar-refractivity contribution in [1.29, 1.82) is 0 Å². The van der Waals surface area contributed by atoms with E-state index in [4.69, 9.17) is 8.92 Å². The molecule has 2 atom stereocenters. The third kappa shape index (κ3) is 6.97. The molecule has 0 radical (unpaired) electrons. The van der Waals surface area contributed by atoms with Crippen molar-refractivity contribution in [1.82, 2.24) is 14.9 Å². The second-order valence-electron chi connectivity index (χ2n) is 6.77. The molecule has 1 saturated heterocycles. The average Bonchev–Trinajstić information content (AvgIpc) is 3.40. The van der Waals surface area contributed by atoms with E-state index in [-0.39, 0.29) is 35.8 Å². The number of carbonyl (C=O) groups excluding carboxylic acids is 2. The van der Waals surface area contributed by atoms with Crippen molar-refractivity contribution in [2.24, 2.45) is 0 Å². The molecule has 3 rings (SSSR count). The van der Waals surface area contributed by atoms with Crippen LogP contribution in [0.1, 0.15) is 19.8 Å². The summed E-state index contributed by atoms with van der Waals surface area (Å²) in [7, 11) is 0. The van der Waals surface area contributed by atoms with Crippen LogP contribution in [0.5, 0.6) is 17.2 Å². The van der Waals surface area contributed by atoms with E-state index in [0.29, 0.717) is 31.8 Å². The molecule has 0 spiro atoms. The fourth-order valence-corrected chi connectivity index (χ4v) is 3.30. The lowest BCUT2D eigenvalue weighted by Gasteiger charge is -2.10. The van der Waals surface area contributed by atoms with Crippen molar-refractivity contribution < 1.29 is 36.8 Å². The number of ether oxygens (including phenoxy) is 3. The minimum absolute atomic E-state index is 0.108. The van der Waals surface area contributed by atoms with Crippen LogP contribution in [0.4, 0.5) is 8.78 Å². The van der Waals surface area contributed by atoms with Crippen LogP contribution < -0.4 is 24.8 Å². The molecule has 1 aromatic carbocycles. The van der Waals surface area contributed by atoms with Gasteiger partial charge in [-0.15, -0.1) is 8.78 Å². The summed E-state index contributed by atoms with van der Waals surface area (Å²) in [4.78, 5) is 24.0. The molecule has 2 aliphatic heterocycles. The van der Waals surface area contributed by atoms with E-state index in [1.165, 1.54) is 30.4 Å². The van der Waals surface area contributed by atoms with Gasteiger partial charge in [0.15, 0.2) is 18.1 Å². The Hall–Kier alpha value is -2.57. The van der Waals surface area contributed by atoms with E-state index >= 15 is 0 Å². The number of hydrogen-bond donors (Lipinski definition) is 2. The molecule has 0 saturated carbocycles. The van der Waals surface area contributed by atoms with Crippen LogP contribution >= 0.6 is 12.2 Å². The van der Waals surface area contributed by atoms with Gasteiger partial charge < -0.3 is 29.0 Å². The van der Waals surface area contributed by atoms with Crippen LogP contribution in [0.2, 0.25) is 0 Å². The Bertz CT molecular complexity index is 841. The molecule has 1 fully saturated rings. The molecule has 2 unspecified atom stereocenters. The van der Waals surface area contributed by atoms with Crippen LogP contribution in [0, 0.1) is 0 Å². The lowest BCUT2D eigenvalue weighted by Crippen LogP contribution is -2.33. The summed E-state index contributed by atoms with van der Waals surface area (Å²) in [5.41, 5.74) is 0.410. The van der Waals surface area contributed by atoms with Crippen molar-refractivity contribution in [3.05, 3.63) is 30.5 Å². The van der Waals surface area contributed by atoms with Crippen LogP contribution in [-0.2, 0) is 13.8 Å². The molecular formula is C19H23F2N3O6S. The summed E-state index contributed by atoms with van der Waals surface area (Å²) in [5.74, 6) is -0.699. The lowest BCUT2D eigenvalue weighted by atomic mass is 10.3. The zero-order valence-electron chi connectivity index (χ0n) is 16.8. The number of rotatable bonds is 12. The summed E-state index contributed by atoms with van der Waals surface area (Å²) in [6, 6.07) is 3.65. The molecule has 31 heavy (non-hydrogen) atoms. The van der Waals surface area contributed by atoms with Gasteiger partial charge in [-0.05, 0) is 18.6 Å². The third-order valence-electron chi connectivity index (χ3n) is 4.09. The molecule has 2 heterocycles.